The molecule has 3 amide bonds. The topological polar surface area (TPSA) is 105 Å². The van der Waals surface area contributed by atoms with Crippen molar-refractivity contribution in [3.05, 3.63) is 58.6 Å². The second-order valence-corrected chi connectivity index (χ2v) is 7.58. The molecule has 0 aliphatic carbocycles. The second kappa shape index (κ2) is 8.57. The van der Waals surface area contributed by atoms with Gasteiger partial charge in [-0.1, -0.05) is 18.5 Å². The highest BCUT2D eigenvalue weighted by atomic mass is 35.5. The molecule has 9 heteroatoms. The molecule has 1 saturated heterocycles. The Hall–Kier alpha value is -3.00. The van der Waals surface area contributed by atoms with Crippen molar-refractivity contribution in [2.24, 2.45) is 11.7 Å². The van der Waals surface area contributed by atoms with Crippen LogP contribution in [0.5, 0.6) is 0 Å². The summed E-state index contributed by atoms with van der Waals surface area (Å²) in [7, 11) is 0. The number of nitrogens with one attached hydrogen (secondary N) is 1. The number of anilines is 1. The van der Waals surface area contributed by atoms with Crippen LogP contribution in [0.3, 0.4) is 0 Å². The molecule has 1 aliphatic rings. The van der Waals surface area contributed by atoms with Gasteiger partial charge in [-0.05, 0) is 48.6 Å². The molecule has 3 rings (SSSR count). The Balaban J connectivity index is 1.83. The first kappa shape index (κ1) is 20.7. The first-order valence-corrected chi connectivity index (χ1v) is 9.45. The fourth-order valence-corrected chi connectivity index (χ4v) is 3.68. The van der Waals surface area contributed by atoms with Gasteiger partial charge in [0.05, 0.1) is 23.5 Å². The number of nitrogens with two attached hydrogens (primary N) is 1. The number of piperidine rings is 1. The molecule has 29 heavy (non-hydrogen) atoms. The number of amides is 3. The van der Waals surface area contributed by atoms with Crippen LogP contribution in [0.15, 0.2) is 36.7 Å². The lowest BCUT2D eigenvalue weighted by Crippen LogP contribution is -2.46. The fraction of sp³-hybridized carbons (Fsp3) is 0.300. The third kappa shape index (κ3) is 4.89. The zero-order chi connectivity index (χ0) is 21.1. The van der Waals surface area contributed by atoms with Crippen LogP contribution in [0.25, 0.3) is 0 Å². The maximum Gasteiger partial charge on any atom is 0.313 e. The maximum atomic E-state index is 13.8. The molecule has 7 nitrogen and oxygen atoms in total. The predicted molar refractivity (Wildman–Crippen MR) is 106 cm³/mol. The lowest BCUT2D eigenvalue weighted by Gasteiger charge is -2.38. The Morgan fingerprint density at radius 2 is 1.97 bits per heavy atom. The standard InChI is InChI=1S/C20H20ClFN4O3/c1-11-2-3-17(12-4-14(21)7-15(22)5-12)26(10-11)20(29)19(28)25-16-6-13(18(23)27)8-24-9-16/h4-9,11,17H,2-3,10H2,1H3,(H2,23,27)(H,25,28)/t11-,17+/m0/s1. The molecule has 1 fully saturated rings. The SMILES string of the molecule is C[C@H]1CC[C@H](c2cc(F)cc(Cl)c2)N(C(=O)C(=O)Nc2cncc(C(N)=O)c2)C1. The van der Waals surface area contributed by atoms with Crippen LogP contribution in [-0.4, -0.2) is 34.2 Å². The molecule has 0 unspecified atom stereocenters. The van der Waals surface area contributed by atoms with Crippen LogP contribution in [-0.2, 0) is 9.59 Å². The van der Waals surface area contributed by atoms with Crippen molar-refractivity contribution < 1.29 is 18.8 Å². The number of primary amides is 1. The van der Waals surface area contributed by atoms with Gasteiger partial charge >= 0.3 is 11.8 Å². The summed E-state index contributed by atoms with van der Waals surface area (Å²) in [6.45, 7) is 2.33. The van der Waals surface area contributed by atoms with Gasteiger partial charge in [0.15, 0.2) is 0 Å². The Bertz CT molecular complexity index is 948. The molecule has 0 saturated carbocycles. The molecule has 2 aromatic rings. The average Bonchev–Trinajstić information content (AvgIpc) is 2.66. The normalized spacial score (nSPS) is 18.9. The quantitative estimate of drug-likeness (QED) is 0.747. The lowest BCUT2D eigenvalue weighted by molar-refractivity contribution is -0.146. The zero-order valence-corrected chi connectivity index (χ0v) is 16.4. The van der Waals surface area contributed by atoms with Crippen molar-refractivity contribution in [1.82, 2.24) is 9.88 Å². The summed E-state index contributed by atoms with van der Waals surface area (Å²) in [4.78, 5) is 42.0. The van der Waals surface area contributed by atoms with Crippen LogP contribution >= 0.6 is 11.6 Å². The van der Waals surface area contributed by atoms with Crippen molar-refractivity contribution in [3.63, 3.8) is 0 Å². The van der Waals surface area contributed by atoms with Gasteiger partial charge in [0, 0.05) is 17.8 Å². The summed E-state index contributed by atoms with van der Waals surface area (Å²) >= 11 is 5.97. The van der Waals surface area contributed by atoms with E-state index in [9.17, 15) is 18.8 Å². The summed E-state index contributed by atoms with van der Waals surface area (Å²) in [5.41, 5.74) is 6.03. The van der Waals surface area contributed by atoms with Crippen molar-refractivity contribution in [3.8, 4) is 0 Å². The highest BCUT2D eigenvalue weighted by Gasteiger charge is 2.34. The maximum absolute atomic E-state index is 13.8. The molecule has 1 aromatic carbocycles. The van der Waals surface area contributed by atoms with E-state index in [1.54, 1.807) is 6.07 Å². The Labute approximate surface area is 172 Å². The minimum atomic E-state index is -0.880. The van der Waals surface area contributed by atoms with Crippen molar-refractivity contribution in [2.45, 2.75) is 25.8 Å². The minimum absolute atomic E-state index is 0.106. The van der Waals surface area contributed by atoms with Crippen LogP contribution < -0.4 is 11.1 Å². The number of nitrogens with zero attached hydrogens (tertiary/aromatic N) is 2. The Kier molecular flexibility index (Phi) is 6.12. The minimum Gasteiger partial charge on any atom is -0.366 e. The first-order chi connectivity index (χ1) is 13.7. The number of benzene rings is 1. The third-order valence-corrected chi connectivity index (χ3v) is 5.04. The number of halogens is 2. The Morgan fingerprint density at radius 3 is 2.66 bits per heavy atom. The number of carbonyl (C=O) groups excluding carboxylic acids is 3. The number of pyridine rings is 1. The van der Waals surface area contributed by atoms with E-state index in [0.717, 1.165) is 6.42 Å². The average molecular weight is 419 g/mol. The Morgan fingerprint density at radius 1 is 1.21 bits per heavy atom. The van der Waals surface area contributed by atoms with E-state index in [4.69, 9.17) is 17.3 Å². The lowest BCUT2D eigenvalue weighted by atomic mass is 9.89. The third-order valence-electron chi connectivity index (χ3n) is 4.82. The van der Waals surface area contributed by atoms with E-state index >= 15 is 0 Å². The van der Waals surface area contributed by atoms with Gasteiger partial charge in [-0.3, -0.25) is 19.4 Å². The number of likely N-dealkylation sites (tertiary alicyclic amines) is 1. The fourth-order valence-electron chi connectivity index (χ4n) is 3.45. The molecule has 3 N–H and O–H groups in total. The molecule has 0 radical (unpaired) electrons. The molecule has 2 heterocycles. The monoisotopic (exact) mass is 418 g/mol. The molecule has 1 aromatic heterocycles. The summed E-state index contributed by atoms with van der Waals surface area (Å²) in [5.74, 6) is -2.65. The number of hydrogen-bond acceptors (Lipinski definition) is 4. The van der Waals surface area contributed by atoms with Gasteiger partial charge in [-0.25, -0.2) is 4.39 Å². The number of rotatable bonds is 3. The van der Waals surface area contributed by atoms with E-state index in [-0.39, 0.29) is 22.2 Å². The van der Waals surface area contributed by atoms with E-state index < -0.39 is 29.6 Å². The zero-order valence-electron chi connectivity index (χ0n) is 15.7. The number of aromatic nitrogens is 1. The van der Waals surface area contributed by atoms with Gasteiger partial charge in [-0.2, -0.15) is 0 Å². The highest BCUT2D eigenvalue weighted by molar-refractivity contribution is 6.39. The second-order valence-electron chi connectivity index (χ2n) is 7.14. The van der Waals surface area contributed by atoms with Crippen molar-refractivity contribution >= 4 is 35.0 Å². The number of hydrogen-bond donors (Lipinski definition) is 2. The molecular weight excluding hydrogens is 399 g/mol. The van der Waals surface area contributed by atoms with E-state index in [0.29, 0.717) is 18.5 Å². The molecule has 152 valence electrons. The molecule has 2 atom stereocenters. The summed E-state index contributed by atoms with van der Waals surface area (Å²) in [6.07, 6.45) is 3.98. The molecule has 0 bridgehead atoms. The largest absolute Gasteiger partial charge is 0.366 e. The van der Waals surface area contributed by atoms with Gasteiger partial charge in [0.25, 0.3) is 0 Å². The van der Waals surface area contributed by atoms with Crippen LogP contribution in [0.2, 0.25) is 5.02 Å². The van der Waals surface area contributed by atoms with Gasteiger partial charge in [-0.15, -0.1) is 0 Å². The smallest absolute Gasteiger partial charge is 0.313 e. The highest BCUT2D eigenvalue weighted by Crippen LogP contribution is 2.35. The van der Waals surface area contributed by atoms with E-state index in [2.05, 4.69) is 10.3 Å². The first-order valence-electron chi connectivity index (χ1n) is 9.07. The van der Waals surface area contributed by atoms with Crippen molar-refractivity contribution in [1.29, 1.82) is 0 Å². The number of carbonyl (C=O) groups is 3. The van der Waals surface area contributed by atoms with Crippen LogP contribution in [0.4, 0.5) is 10.1 Å². The van der Waals surface area contributed by atoms with Crippen LogP contribution in [0, 0.1) is 11.7 Å². The van der Waals surface area contributed by atoms with Crippen LogP contribution in [0.1, 0.15) is 41.7 Å². The van der Waals surface area contributed by atoms with Gasteiger partial charge in [0.1, 0.15) is 5.82 Å². The summed E-state index contributed by atoms with van der Waals surface area (Å²) in [5, 5.41) is 2.67. The predicted octanol–water partition coefficient (Wildman–Crippen LogP) is 2.91. The summed E-state index contributed by atoms with van der Waals surface area (Å²) < 4.78 is 13.8. The van der Waals surface area contributed by atoms with Gasteiger partial charge in [0.2, 0.25) is 5.91 Å². The van der Waals surface area contributed by atoms with E-state index in [1.807, 2.05) is 6.92 Å². The van der Waals surface area contributed by atoms with Crippen molar-refractivity contribution in [2.75, 3.05) is 11.9 Å². The molecule has 1 aliphatic heterocycles. The molecular formula is C20H20ClFN4O3. The molecule has 0 spiro atoms. The van der Waals surface area contributed by atoms with Gasteiger partial charge < -0.3 is 16.0 Å². The summed E-state index contributed by atoms with van der Waals surface area (Å²) in [6, 6.07) is 4.99. The van der Waals surface area contributed by atoms with E-state index in [1.165, 1.54) is 35.5 Å².